The van der Waals surface area contributed by atoms with E-state index in [0.717, 1.165) is 6.54 Å². The molecule has 2 rings (SSSR count). The summed E-state index contributed by atoms with van der Waals surface area (Å²) in [6.45, 7) is 12.7. The molecular formula is C19H32N2. The molecular weight excluding hydrogens is 256 g/mol. The van der Waals surface area contributed by atoms with Gasteiger partial charge in [-0.3, -0.25) is 4.90 Å². The van der Waals surface area contributed by atoms with Crippen molar-refractivity contribution in [1.29, 1.82) is 0 Å². The van der Waals surface area contributed by atoms with Crippen LogP contribution in [0.15, 0.2) is 24.3 Å². The van der Waals surface area contributed by atoms with Crippen LogP contribution in [0.5, 0.6) is 0 Å². The average molecular weight is 288 g/mol. The Morgan fingerprint density at radius 1 is 1.10 bits per heavy atom. The highest BCUT2D eigenvalue weighted by Gasteiger charge is 2.42. The van der Waals surface area contributed by atoms with Gasteiger partial charge in [-0.2, -0.15) is 0 Å². The lowest BCUT2D eigenvalue weighted by Gasteiger charge is -2.48. The molecule has 2 nitrogen and oxygen atoms in total. The van der Waals surface area contributed by atoms with E-state index < -0.39 is 0 Å². The highest BCUT2D eigenvalue weighted by atomic mass is 15.2. The first-order chi connectivity index (χ1) is 10.2. The van der Waals surface area contributed by atoms with Gasteiger partial charge in [0.2, 0.25) is 0 Å². The number of rotatable bonds is 7. The van der Waals surface area contributed by atoms with E-state index in [1.165, 1.54) is 49.9 Å². The van der Waals surface area contributed by atoms with Crippen molar-refractivity contribution in [3.05, 3.63) is 35.4 Å². The highest BCUT2D eigenvalue weighted by molar-refractivity contribution is 5.32. The third-order valence-electron chi connectivity index (χ3n) is 5.41. The molecule has 1 aliphatic heterocycles. The van der Waals surface area contributed by atoms with Crippen molar-refractivity contribution >= 4 is 0 Å². The van der Waals surface area contributed by atoms with Gasteiger partial charge in [0.05, 0.1) is 6.04 Å². The molecule has 1 atom stereocenters. The predicted molar refractivity (Wildman–Crippen MR) is 91.7 cm³/mol. The van der Waals surface area contributed by atoms with Crippen molar-refractivity contribution in [2.75, 3.05) is 19.6 Å². The number of hydrogen-bond donors (Lipinski definition) is 1. The number of nitrogens with zero attached hydrogens (tertiary/aromatic N) is 1. The molecule has 0 aliphatic carbocycles. The Bertz CT molecular complexity index is 431. The van der Waals surface area contributed by atoms with E-state index in [-0.39, 0.29) is 5.54 Å². The first-order valence-electron chi connectivity index (χ1n) is 8.73. The molecule has 21 heavy (non-hydrogen) atoms. The summed E-state index contributed by atoms with van der Waals surface area (Å²) in [7, 11) is 0. The standard InChI is InChI=1S/C19H32N2/c1-5-19(6-2,21-14-10-11-15-21)18(20-7-3)17-13-9-8-12-16(17)4/h8-9,12-13,18,20H,5-7,10-11,14-15H2,1-4H3. The summed E-state index contributed by atoms with van der Waals surface area (Å²) in [6.07, 6.45) is 5.12. The third kappa shape index (κ3) is 3.17. The summed E-state index contributed by atoms with van der Waals surface area (Å²) in [6, 6.07) is 9.33. The van der Waals surface area contributed by atoms with Gasteiger partial charge in [-0.25, -0.2) is 0 Å². The number of likely N-dealkylation sites (tertiary alicyclic amines) is 1. The van der Waals surface area contributed by atoms with Gasteiger partial charge in [0.1, 0.15) is 0 Å². The molecule has 1 fully saturated rings. The van der Waals surface area contributed by atoms with Crippen LogP contribution in [-0.2, 0) is 0 Å². The van der Waals surface area contributed by atoms with E-state index in [1.807, 2.05) is 0 Å². The van der Waals surface area contributed by atoms with Gasteiger partial charge >= 0.3 is 0 Å². The smallest absolute Gasteiger partial charge is 0.0509 e. The van der Waals surface area contributed by atoms with E-state index >= 15 is 0 Å². The fourth-order valence-corrected chi connectivity index (χ4v) is 4.15. The molecule has 0 bridgehead atoms. The Morgan fingerprint density at radius 2 is 1.71 bits per heavy atom. The number of likely N-dealkylation sites (N-methyl/N-ethyl adjacent to an activating group) is 1. The molecule has 0 radical (unpaired) electrons. The molecule has 1 N–H and O–H groups in total. The van der Waals surface area contributed by atoms with Gasteiger partial charge in [0.15, 0.2) is 0 Å². The molecule has 0 spiro atoms. The zero-order chi connectivity index (χ0) is 15.3. The van der Waals surface area contributed by atoms with Crippen molar-refractivity contribution in [1.82, 2.24) is 10.2 Å². The SMILES string of the molecule is CCNC(c1ccccc1C)C(CC)(CC)N1CCCC1. The van der Waals surface area contributed by atoms with Crippen molar-refractivity contribution in [2.45, 2.75) is 65.0 Å². The van der Waals surface area contributed by atoms with E-state index in [0.29, 0.717) is 6.04 Å². The van der Waals surface area contributed by atoms with Crippen LogP contribution in [0.25, 0.3) is 0 Å². The quantitative estimate of drug-likeness (QED) is 0.804. The van der Waals surface area contributed by atoms with Crippen LogP contribution in [0.2, 0.25) is 0 Å². The number of nitrogens with one attached hydrogen (secondary N) is 1. The van der Waals surface area contributed by atoms with E-state index in [4.69, 9.17) is 0 Å². The van der Waals surface area contributed by atoms with Gasteiger partial charge in [0.25, 0.3) is 0 Å². The summed E-state index contributed by atoms with van der Waals surface area (Å²) in [5.74, 6) is 0. The summed E-state index contributed by atoms with van der Waals surface area (Å²) in [4.78, 5) is 2.76. The highest BCUT2D eigenvalue weighted by Crippen LogP contribution is 2.40. The Hall–Kier alpha value is -0.860. The van der Waals surface area contributed by atoms with Crippen molar-refractivity contribution in [3.63, 3.8) is 0 Å². The minimum Gasteiger partial charge on any atom is -0.309 e. The zero-order valence-corrected chi connectivity index (χ0v) is 14.3. The van der Waals surface area contributed by atoms with E-state index in [9.17, 15) is 0 Å². The fraction of sp³-hybridized carbons (Fsp3) is 0.684. The maximum absolute atomic E-state index is 3.82. The van der Waals surface area contributed by atoms with Crippen molar-refractivity contribution < 1.29 is 0 Å². The van der Waals surface area contributed by atoms with Crippen LogP contribution in [0.3, 0.4) is 0 Å². The van der Waals surface area contributed by atoms with E-state index in [1.54, 1.807) is 0 Å². The van der Waals surface area contributed by atoms with E-state index in [2.05, 4.69) is 62.2 Å². The second kappa shape index (κ2) is 7.42. The minimum atomic E-state index is 0.249. The van der Waals surface area contributed by atoms with Crippen molar-refractivity contribution in [2.24, 2.45) is 0 Å². The van der Waals surface area contributed by atoms with Crippen LogP contribution in [0, 0.1) is 6.92 Å². The molecule has 1 aliphatic rings. The Balaban J connectivity index is 2.43. The van der Waals surface area contributed by atoms with Crippen LogP contribution in [0.4, 0.5) is 0 Å². The summed E-state index contributed by atoms with van der Waals surface area (Å²) in [5, 5.41) is 3.82. The number of hydrogen-bond acceptors (Lipinski definition) is 2. The molecule has 2 heteroatoms. The van der Waals surface area contributed by atoms with Crippen LogP contribution >= 0.6 is 0 Å². The first-order valence-corrected chi connectivity index (χ1v) is 8.73. The Kier molecular flexibility index (Phi) is 5.83. The topological polar surface area (TPSA) is 15.3 Å². The molecule has 1 aromatic rings. The van der Waals surface area contributed by atoms with Gasteiger partial charge in [-0.05, 0) is 63.4 Å². The Morgan fingerprint density at radius 3 is 2.24 bits per heavy atom. The molecule has 1 saturated heterocycles. The van der Waals surface area contributed by atoms with Crippen LogP contribution in [0.1, 0.15) is 63.6 Å². The molecule has 0 saturated carbocycles. The van der Waals surface area contributed by atoms with Crippen LogP contribution < -0.4 is 5.32 Å². The molecule has 118 valence electrons. The second-order valence-electron chi connectivity index (χ2n) is 6.35. The summed E-state index contributed by atoms with van der Waals surface area (Å²) >= 11 is 0. The third-order valence-corrected chi connectivity index (χ3v) is 5.41. The molecule has 1 heterocycles. The summed E-state index contributed by atoms with van der Waals surface area (Å²) in [5.41, 5.74) is 3.14. The lowest BCUT2D eigenvalue weighted by Crippen LogP contribution is -2.55. The van der Waals surface area contributed by atoms with Gasteiger partial charge in [-0.1, -0.05) is 45.0 Å². The molecule has 1 aromatic carbocycles. The average Bonchev–Trinajstić information content (AvgIpc) is 3.04. The normalized spacial score (nSPS) is 18.1. The lowest BCUT2D eigenvalue weighted by molar-refractivity contribution is 0.0620. The molecule has 0 aromatic heterocycles. The largest absolute Gasteiger partial charge is 0.309 e. The second-order valence-corrected chi connectivity index (χ2v) is 6.35. The maximum Gasteiger partial charge on any atom is 0.0509 e. The molecule has 0 amide bonds. The van der Waals surface area contributed by atoms with Crippen molar-refractivity contribution in [3.8, 4) is 0 Å². The number of aryl methyl sites for hydroxylation is 1. The predicted octanol–water partition coefficient (Wildman–Crippen LogP) is 4.30. The monoisotopic (exact) mass is 288 g/mol. The Labute approximate surface area is 130 Å². The first kappa shape index (κ1) is 16.5. The minimum absolute atomic E-state index is 0.249. The van der Waals surface area contributed by atoms with Crippen LogP contribution in [-0.4, -0.2) is 30.1 Å². The zero-order valence-electron chi connectivity index (χ0n) is 14.3. The summed E-state index contributed by atoms with van der Waals surface area (Å²) < 4.78 is 0. The number of benzene rings is 1. The van der Waals surface area contributed by atoms with Gasteiger partial charge in [-0.15, -0.1) is 0 Å². The fourth-order valence-electron chi connectivity index (χ4n) is 4.15. The lowest BCUT2D eigenvalue weighted by atomic mass is 9.78. The molecule has 1 unspecified atom stereocenters. The maximum atomic E-state index is 3.82. The van der Waals surface area contributed by atoms with Gasteiger partial charge < -0.3 is 5.32 Å². The van der Waals surface area contributed by atoms with Gasteiger partial charge in [0, 0.05) is 5.54 Å².